The Bertz CT molecular complexity index is 1360. The predicted molar refractivity (Wildman–Crippen MR) is 127 cm³/mol. The second-order valence-electron chi connectivity index (χ2n) is 9.15. The van der Waals surface area contributed by atoms with Crippen molar-refractivity contribution in [3.05, 3.63) is 93.9 Å². The summed E-state index contributed by atoms with van der Waals surface area (Å²) in [6, 6.07) is 18.3. The number of H-pyrrole nitrogens is 1. The molecular weight excluding hydrogens is 415 g/mol. The molecule has 0 fully saturated rings. The highest BCUT2D eigenvalue weighted by Crippen LogP contribution is 2.44. The lowest BCUT2D eigenvalue weighted by Gasteiger charge is -2.40. The van der Waals surface area contributed by atoms with Crippen LogP contribution in [0.4, 0.5) is 4.39 Å². The Morgan fingerprint density at radius 3 is 2.82 bits per heavy atom. The lowest BCUT2D eigenvalue weighted by Crippen LogP contribution is -2.39. The second kappa shape index (κ2) is 7.92. The number of benzene rings is 3. The minimum absolute atomic E-state index is 0.176. The van der Waals surface area contributed by atoms with Crippen LogP contribution in [0.2, 0.25) is 0 Å². The average Bonchev–Trinajstić information content (AvgIpc) is 3.19. The quantitative estimate of drug-likeness (QED) is 0.430. The summed E-state index contributed by atoms with van der Waals surface area (Å²) in [5, 5.41) is 1.33. The van der Waals surface area contributed by atoms with Crippen LogP contribution in [-0.4, -0.2) is 23.5 Å². The molecule has 0 spiro atoms. The van der Waals surface area contributed by atoms with Crippen LogP contribution in [0.3, 0.4) is 0 Å². The molecule has 0 bridgehead atoms. The molecule has 3 aromatic carbocycles. The van der Waals surface area contributed by atoms with Crippen LogP contribution in [0.25, 0.3) is 10.9 Å². The van der Waals surface area contributed by atoms with Crippen molar-refractivity contribution in [2.24, 2.45) is 0 Å². The number of ether oxygens (including phenoxy) is 2. The molecule has 1 unspecified atom stereocenters. The molecular formula is C28H27FN2O2. The topological polar surface area (TPSA) is 37.5 Å². The maximum Gasteiger partial charge on any atom is 0.161 e. The summed E-state index contributed by atoms with van der Waals surface area (Å²) in [5.41, 5.74) is 8.02. The Morgan fingerprint density at radius 1 is 1.09 bits per heavy atom. The zero-order valence-corrected chi connectivity index (χ0v) is 19.0. The number of methoxy groups -OCH3 is 1. The summed E-state index contributed by atoms with van der Waals surface area (Å²) in [7, 11) is 1.67. The molecule has 1 aromatic heterocycles. The fraction of sp³-hybridized carbons (Fsp3) is 0.286. The summed E-state index contributed by atoms with van der Waals surface area (Å²) in [4.78, 5) is 6.19. The molecule has 0 saturated heterocycles. The zero-order valence-electron chi connectivity index (χ0n) is 19.0. The largest absolute Gasteiger partial charge is 0.493 e. The molecule has 33 heavy (non-hydrogen) atoms. The number of nitrogens with zero attached hydrogens (tertiary/aromatic N) is 1. The van der Waals surface area contributed by atoms with Crippen molar-refractivity contribution >= 4 is 10.9 Å². The van der Waals surface area contributed by atoms with Gasteiger partial charge in [-0.05, 0) is 66.3 Å². The Labute approximate surface area is 192 Å². The highest BCUT2D eigenvalue weighted by atomic mass is 19.1. The van der Waals surface area contributed by atoms with Gasteiger partial charge in [0.05, 0.1) is 7.11 Å². The third kappa shape index (κ3) is 3.47. The van der Waals surface area contributed by atoms with E-state index in [4.69, 9.17) is 9.47 Å². The van der Waals surface area contributed by atoms with Crippen molar-refractivity contribution in [1.29, 1.82) is 0 Å². The number of aryl methyl sites for hydroxylation is 1. The van der Waals surface area contributed by atoms with Gasteiger partial charge in [-0.25, -0.2) is 4.39 Å². The van der Waals surface area contributed by atoms with Crippen LogP contribution in [-0.2, 0) is 26.0 Å². The number of nitrogens with one attached hydrogen (secondary N) is 1. The Balaban J connectivity index is 1.32. The van der Waals surface area contributed by atoms with E-state index >= 15 is 0 Å². The molecule has 0 amide bonds. The molecule has 2 aliphatic heterocycles. The molecule has 0 radical (unpaired) electrons. The predicted octanol–water partition coefficient (Wildman–Crippen LogP) is 5.86. The van der Waals surface area contributed by atoms with Crippen LogP contribution < -0.4 is 9.47 Å². The Kier molecular flexibility index (Phi) is 4.88. The zero-order chi connectivity index (χ0) is 22.5. The summed E-state index contributed by atoms with van der Waals surface area (Å²) in [6.45, 7) is 4.00. The lowest BCUT2D eigenvalue weighted by atomic mass is 9.85. The van der Waals surface area contributed by atoms with Gasteiger partial charge in [-0.15, -0.1) is 0 Å². The van der Waals surface area contributed by atoms with E-state index in [0.717, 1.165) is 31.5 Å². The molecule has 168 valence electrons. The highest BCUT2D eigenvalue weighted by molar-refractivity contribution is 5.85. The van der Waals surface area contributed by atoms with Gasteiger partial charge in [0.15, 0.2) is 11.5 Å². The SMILES string of the molecule is COc1cc2c(cc1OCc1ccc(C)cc1F)CCN1Cc3[nH]c4ccccc4c3CC21. The van der Waals surface area contributed by atoms with E-state index in [9.17, 15) is 4.39 Å². The van der Waals surface area contributed by atoms with E-state index in [1.54, 1.807) is 19.2 Å². The molecule has 1 N–H and O–H groups in total. The minimum atomic E-state index is -0.237. The van der Waals surface area contributed by atoms with E-state index in [0.29, 0.717) is 23.1 Å². The number of aromatic nitrogens is 1. The first-order valence-corrected chi connectivity index (χ1v) is 11.5. The fourth-order valence-corrected chi connectivity index (χ4v) is 5.41. The summed E-state index contributed by atoms with van der Waals surface area (Å²) in [5.74, 6) is 1.14. The van der Waals surface area contributed by atoms with Crippen molar-refractivity contribution in [3.8, 4) is 11.5 Å². The third-order valence-corrected chi connectivity index (χ3v) is 7.15. The molecule has 0 saturated carbocycles. The van der Waals surface area contributed by atoms with Gasteiger partial charge in [-0.1, -0.05) is 30.3 Å². The summed E-state index contributed by atoms with van der Waals surface area (Å²) >= 11 is 0. The van der Waals surface area contributed by atoms with Crippen molar-refractivity contribution in [3.63, 3.8) is 0 Å². The first kappa shape index (κ1) is 20.3. The van der Waals surface area contributed by atoms with Crippen LogP contribution in [0.5, 0.6) is 11.5 Å². The molecule has 0 aliphatic carbocycles. The van der Waals surface area contributed by atoms with E-state index in [1.807, 2.05) is 13.0 Å². The van der Waals surface area contributed by atoms with Gasteiger partial charge in [0.2, 0.25) is 0 Å². The molecule has 3 heterocycles. The van der Waals surface area contributed by atoms with Crippen molar-refractivity contribution in [2.45, 2.75) is 39.0 Å². The van der Waals surface area contributed by atoms with Gasteiger partial charge in [0, 0.05) is 41.3 Å². The molecule has 5 heteroatoms. The lowest BCUT2D eigenvalue weighted by molar-refractivity contribution is 0.158. The van der Waals surface area contributed by atoms with Crippen LogP contribution in [0.15, 0.2) is 54.6 Å². The van der Waals surface area contributed by atoms with Crippen LogP contribution >= 0.6 is 0 Å². The molecule has 1 atom stereocenters. The van der Waals surface area contributed by atoms with Gasteiger partial charge in [-0.3, -0.25) is 4.90 Å². The van der Waals surface area contributed by atoms with Gasteiger partial charge < -0.3 is 14.5 Å². The van der Waals surface area contributed by atoms with Crippen molar-refractivity contribution < 1.29 is 13.9 Å². The number of rotatable bonds is 4. The Hall–Kier alpha value is -3.31. The number of fused-ring (bicyclic) bond motifs is 6. The number of aromatic amines is 1. The van der Waals surface area contributed by atoms with E-state index in [2.05, 4.69) is 46.3 Å². The van der Waals surface area contributed by atoms with Crippen molar-refractivity contribution in [1.82, 2.24) is 9.88 Å². The average molecular weight is 443 g/mol. The van der Waals surface area contributed by atoms with E-state index < -0.39 is 0 Å². The van der Waals surface area contributed by atoms with Gasteiger partial charge in [-0.2, -0.15) is 0 Å². The van der Waals surface area contributed by atoms with Crippen molar-refractivity contribution in [2.75, 3.05) is 13.7 Å². The van der Waals surface area contributed by atoms with E-state index in [1.165, 1.54) is 33.3 Å². The Morgan fingerprint density at radius 2 is 1.97 bits per heavy atom. The maximum atomic E-state index is 14.3. The smallest absolute Gasteiger partial charge is 0.161 e. The molecule has 4 aromatic rings. The van der Waals surface area contributed by atoms with Gasteiger partial charge >= 0.3 is 0 Å². The van der Waals surface area contributed by atoms with E-state index in [-0.39, 0.29) is 12.4 Å². The second-order valence-corrected chi connectivity index (χ2v) is 9.15. The monoisotopic (exact) mass is 442 g/mol. The summed E-state index contributed by atoms with van der Waals surface area (Å²) < 4.78 is 26.0. The fourth-order valence-electron chi connectivity index (χ4n) is 5.41. The standard InChI is InChI=1S/C28H27FN2O2/c1-17-7-8-19(23(29)11-17)16-33-28-12-18-9-10-31-15-25-22(20-5-3-4-6-24(20)30-25)13-26(31)21(18)14-27(28)32-2/h3-8,11-12,14,26,30H,9-10,13,15-16H2,1-2H3. The number of hydrogen-bond donors (Lipinski definition) is 1. The highest BCUT2D eigenvalue weighted by Gasteiger charge is 2.34. The molecule has 6 rings (SSSR count). The minimum Gasteiger partial charge on any atom is -0.493 e. The van der Waals surface area contributed by atoms with Crippen LogP contribution in [0.1, 0.15) is 39.6 Å². The number of halogens is 1. The third-order valence-electron chi connectivity index (χ3n) is 7.15. The number of para-hydroxylation sites is 1. The summed E-state index contributed by atoms with van der Waals surface area (Å²) in [6.07, 6.45) is 1.94. The van der Waals surface area contributed by atoms with Gasteiger partial charge in [0.1, 0.15) is 12.4 Å². The number of hydrogen-bond acceptors (Lipinski definition) is 3. The normalized spacial score (nSPS) is 17.4. The molecule has 4 nitrogen and oxygen atoms in total. The first-order chi connectivity index (χ1) is 16.1. The maximum absolute atomic E-state index is 14.3. The molecule has 2 aliphatic rings. The first-order valence-electron chi connectivity index (χ1n) is 11.5. The van der Waals surface area contributed by atoms with Gasteiger partial charge in [0.25, 0.3) is 0 Å². The van der Waals surface area contributed by atoms with Crippen LogP contribution in [0, 0.1) is 12.7 Å².